The lowest BCUT2D eigenvalue weighted by Gasteiger charge is -2.59. The number of hydrogen-bond acceptors (Lipinski definition) is 2. The van der Waals surface area contributed by atoms with Gasteiger partial charge in [0.05, 0.1) is 11.7 Å². The first-order valence-corrected chi connectivity index (χ1v) is 12.1. The lowest BCUT2D eigenvalue weighted by Crippen LogP contribution is -2.60. The van der Waals surface area contributed by atoms with E-state index in [0.717, 1.165) is 25.2 Å². The average molecular weight is 327 g/mol. The molecule has 0 heterocycles. The molecule has 2 nitrogen and oxygen atoms in total. The summed E-state index contributed by atoms with van der Waals surface area (Å²) in [5.41, 5.74) is -0.375. The highest BCUT2D eigenvalue weighted by atomic mass is 28.4. The molecule has 0 aromatic carbocycles. The Morgan fingerprint density at radius 1 is 1.09 bits per heavy atom. The molecule has 0 radical (unpaired) electrons. The quantitative estimate of drug-likeness (QED) is 0.692. The molecule has 2 saturated carbocycles. The first kappa shape index (κ1) is 18.5. The average Bonchev–Trinajstić information content (AvgIpc) is 2.34. The molecule has 0 amide bonds. The first-order valence-electron chi connectivity index (χ1n) is 9.20. The van der Waals surface area contributed by atoms with Gasteiger partial charge < -0.3 is 9.53 Å². The van der Waals surface area contributed by atoms with E-state index in [4.69, 9.17) is 4.43 Å². The van der Waals surface area contributed by atoms with E-state index >= 15 is 0 Å². The number of rotatable bonds is 2. The zero-order chi connectivity index (χ0) is 17.0. The predicted molar refractivity (Wildman–Crippen MR) is 96.5 cm³/mol. The van der Waals surface area contributed by atoms with Crippen molar-refractivity contribution in [1.29, 1.82) is 0 Å². The van der Waals surface area contributed by atoms with Gasteiger partial charge in [-0.25, -0.2) is 0 Å². The maximum absolute atomic E-state index is 11.0. The summed E-state index contributed by atoms with van der Waals surface area (Å²) < 4.78 is 6.87. The molecular formula is C19H38O2Si. The van der Waals surface area contributed by atoms with Crippen LogP contribution in [0.5, 0.6) is 0 Å². The van der Waals surface area contributed by atoms with Crippen LogP contribution in [0.25, 0.3) is 0 Å². The van der Waals surface area contributed by atoms with Crippen molar-refractivity contribution >= 4 is 8.32 Å². The second-order valence-electron chi connectivity index (χ2n) is 10.2. The molecule has 2 fully saturated rings. The topological polar surface area (TPSA) is 29.5 Å². The van der Waals surface area contributed by atoms with E-state index < -0.39 is 13.9 Å². The van der Waals surface area contributed by atoms with E-state index in [1.165, 1.54) is 12.8 Å². The fraction of sp³-hybridized carbons (Fsp3) is 1.00. The molecule has 0 saturated heterocycles. The molecule has 2 rings (SSSR count). The van der Waals surface area contributed by atoms with E-state index in [-0.39, 0.29) is 10.5 Å². The van der Waals surface area contributed by atoms with Crippen molar-refractivity contribution in [3.05, 3.63) is 0 Å². The van der Waals surface area contributed by atoms with Crippen molar-refractivity contribution in [2.24, 2.45) is 17.3 Å². The molecule has 0 bridgehead atoms. The summed E-state index contributed by atoms with van der Waals surface area (Å²) >= 11 is 0. The number of aliphatic hydroxyl groups is 1. The molecule has 0 unspecified atom stereocenters. The van der Waals surface area contributed by atoms with E-state index in [2.05, 4.69) is 54.6 Å². The van der Waals surface area contributed by atoms with Gasteiger partial charge in [-0.2, -0.15) is 0 Å². The van der Waals surface area contributed by atoms with E-state index in [0.29, 0.717) is 12.0 Å². The first-order chi connectivity index (χ1) is 9.80. The molecule has 0 spiro atoms. The molecule has 2 aliphatic carbocycles. The summed E-state index contributed by atoms with van der Waals surface area (Å²) in [6.45, 7) is 18.5. The second kappa shape index (κ2) is 5.60. The standard InChI is InChI=1S/C19H38O2Si/c1-14-9-11-18(5)15(13-14)19(6,20)12-10-16(18)21-22(7,8)17(2,3)4/h14-16,20H,9-13H2,1-8H3/t14-,15+,16+,18+,19-/m1/s1. The highest BCUT2D eigenvalue weighted by Crippen LogP contribution is 2.57. The van der Waals surface area contributed by atoms with Gasteiger partial charge >= 0.3 is 0 Å². The van der Waals surface area contributed by atoms with Gasteiger partial charge in [0.2, 0.25) is 0 Å². The van der Waals surface area contributed by atoms with Crippen molar-refractivity contribution < 1.29 is 9.53 Å². The van der Waals surface area contributed by atoms with Crippen LogP contribution in [0.3, 0.4) is 0 Å². The summed E-state index contributed by atoms with van der Waals surface area (Å²) in [7, 11) is -1.76. The summed E-state index contributed by atoms with van der Waals surface area (Å²) in [6, 6.07) is 0. The minimum atomic E-state index is -1.76. The highest BCUT2D eigenvalue weighted by molar-refractivity contribution is 6.74. The van der Waals surface area contributed by atoms with Crippen LogP contribution in [0.2, 0.25) is 18.1 Å². The summed E-state index contributed by atoms with van der Waals surface area (Å²) in [6.07, 6.45) is 5.86. The van der Waals surface area contributed by atoms with Crippen molar-refractivity contribution in [2.45, 2.75) is 103 Å². The van der Waals surface area contributed by atoms with Crippen molar-refractivity contribution in [1.82, 2.24) is 0 Å². The fourth-order valence-electron chi connectivity index (χ4n) is 4.52. The van der Waals surface area contributed by atoms with Crippen molar-refractivity contribution in [3.8, 4) is 0 Å². The number of hydrogen-bond donors (Lipinski definition) is 1. The van der Waals surface area contributed by atoms with Crippen molar-refractivity contribution in [2.75, 3.05) is 0 Å². The molecule has 2 aliphatic rings. The van der Waals surface area contributed by atoms with Crippen LogP contribution >= 0.6 is 0 Å². The van der Waals surface area contributed by atoms with Crippen LogP contribution < -0.4 is 0 Å². The normalized spacial score (nSPS) is 43.8. The second-order valence-corrected chi connectivity index (χ2v) is 15.0. The van der Waals surface area contributed by atoms with Gasteiger partial charge in [0, 0.05) is 0 Å². The van der Waals surface area contributed by atoms with E-state index in [1.54, 1.807) is 0 Å². The molecule has 0 aromatic rings. The van der Waals surface area contributed by atoms with Gasteiger partial charge in [0.25, 0.3) is 0 Å². The minimum Gasteiger partial charge on any atom is -0.413 e. The molecule has 22 heavy (non-hydrogen) atoms. The third kappa shape index (κ3) is 3.18. The third-order valence-electron chi connectivity index (χ3n) is 7.25. The Kier molecular flexibility index (Phi) is 4.70. The Morgan fingerprint density at radius 2 is 1.68 bits per heavy atom. The van der Waals surface area contributed by atoms with Crippen LogP contribution in [-0.4, -0.2) is 25.1 Å². The van der Waals surface area contributed by atoms with Crippen LogP contribution in [0, 0.1) is 17.3 Å². The zero-order valence-electron chi connectivity index (χ0n) is 16.1. The van der Waals surface area contributed by atoms with Gasteiger partial charge in [-0.15, -0.1) is 0 Å². The van der Waals surface area contributed by atoms with Gasteiger partial charge in [-0.1, -0.05) is 41.0 Å². The maximum atomic E-state index is 11.0. The summed E-state index contributed by atoms with van der Waals surface area (Å²) in [5, 5.41) is 11.2. The van der Waals surface area contributed by atoms with Gasteiger partial charge in [-0.05, 0) is 68.0 Å². The van der Waals surface area contributed by atoms with Crippen LogP contribution in [0.15, 0.2) is 0 Å². The summed E-state index contributed by atoms with van der Waals surface area (Å²) in [5.74, 6) is 1.11. The zero-order valence-corrected chi connectivity index (χ0v) is 17.1. The third-order valence-corrected chi connectivity index (χ3v) is 11.7. The molecule has 3 heteroatoms. The lowest BCUT2D eigenvalue weighted by molar-refractivity contribution is -0.168. The fourth-order valence-corrected chi connectivity index (χ4v) is 5.98. The minimum absolute atomic E-state index is 0.143. The Bertz CT molecular complexity index is 410. The summed E-state index contributed by atoms with van der Waals surface area (Å²) in [4.78, 5) is 0. The lowest BCUT2D eigenvalue weighted by atomic mass is 9.52. The van der Waals surface area contributed by atoms with Crippen molar-refractivity contribution in [3.63, 3.8) is 0 Å². The van der Waals surface area contributed by atoms with Crippen LogP contribution in [0.4, 0.5) is 0 Å². The van der Waals surface area contributed by atoms with Gasteiger partial charge in [0.1, 0.15) is 0 Å². The maximum Gasteiger partial charge on any atom is 0.192 e. The monoisotopic (exact) mass is 326 g/mol. The molecule has 1 N–H and O–H groups in total. The SMILES string of the molecule is C[C@@H]1CC[C@]2(C)[C@@H](O[Si](C)(C)C(C)(C)C)CC[C@@](C)(O)[C@H]2C1. The van der Waals surface area contributed by atoms with Gasteiger partial charge in [-0.3, -0.25) is 0 Å². The number of fused-ring (bicyclic) bond motifs is 1. The largest absolute Gasteiger partial charge is 0.413 e. The van der Waals surface area contributed by atoms with E-state index in [9.17, 15) is 5.11 Å². The molecule has 130 valence electrons. The van der Waals surface area contributed by atoms with Crippen LogP contribution in [0.1, 0.15) is 73.6 Å². The Balaban J connectivity index is 2.27. The van der Waals surface area contributed by atoms with Crippen LogP contribution in [-0.2, 0) is 4.43 Å². The molecule has 0 aromatic heterocycles. The molecular weight excluding hydrogens is 288 g/mol. The Labute approximate surface area is 139 Å². The smallest absolute Gasteiger partial charge is 0.192 e. The van der Waals surface area contributed by atoms with E-state index in [1.807, 2.05) is 0 Å². The molecule has 0 aliphatic heterocycles. The predicted octanol–water partition coefficient (Wildman–Crippen LogP) is 5.36. The highest BCUT2D eigenvalue weighted by Gasteiger charge is 2.56. The van der Waals surface area contributed by atoms with Gasteiger partial charge in [0.15, 0.2) is 8.32 Å². The Morgan fingerprint density at radius 3 is 2.23 bits per heavy atom. The molecule has 5 atom stereocenters. The Hall–Kier alpha value is 0.137.